The first kappa shape index (κ1) is 21.5. The molecule has 29 heavy (non-hydrogen) atoms. The van der Waals surface area contributed by atoms with Crippen LogP contribution in [0.5, 0.6) is 5.75 Å². The molecule has 0 aliphatic carbocycles. The predicted octanol–water partition coefficient (Wildman–Crippen LogP) is 3.96. The maximum atomic E-state index is 13.6. The fourth-order valence-electron chi connectivity index (χ4n) is 4.18. The summed E-state index contributed by atoms with van der Waals surface area (Å²) in [5, 5.41) is 3.43. The van der Waals surface area contributed by atoms with Crippen LogP contribution >= 0.6 is 12.4 Å². The maximum Gasteiger partial charge on any atom is 0.268 e. The van der Waals surface area contributed by atoms with Crippen molar-refractivity contribution in [3.63, 3.8) is 0 Å². The SMILES string of the molecule is Cl.O=C(C(Oc1ccc(F)c(F)c1)c1ccccc1)N1CC[C@@H]2CNC[C@@H]2CC1. The lowest BCUT2D eigenvalue weighted by molar-refractivity contribution is -0.139. The number of hydrogen-bond donors (Lipinski definition) is 1. The summed E-state index contributed by atoms with van der Waals surface area (Å²) in [5.41, 5.74) is 0.698. The van der Waals surface area contributed by atoms with Crippen LogP contribution in [0, 0.1) is 23.5 Å². The molecule has 0 spiro atoms. The molecule has 4 nitrogen and oxygen atoms in total. The zero-order chi connectivity index (χ0) is 19.5. The second kappa shape index (κ2) is 9.55. The lowest BCUT2D eigenvalue weighted by atomic mass is 9.92. The third kappa shape index (κ3) is 4.87. The third-order valence-corrected chi connectivity index (χ3v) is 5.80. The van der Waals surface area contributed by atoms with E-state index in [2.05, 4.69) is 5.32 Å². The van der Waals surface area contributed by atoms with Gasteiger partial charge in [-0.15, -0.1) is 12.4 Å². The van der Waals surface area contributed by atoms with Gasteiger partial charge >= 0.3 is 0 Å². The van der Waals surface area contributed by atoms with Crippen molar-refractivity contribution in [2.24, 2.45) is 11.8 Å². The zero-order valence-electron chi connectivity index (χ0n) is 16.0. The second-order valence-electron chi connectivity index (χ2n) is 7.57. The van der Waals surface area contributed by atoms with Crippen LogP contribution in [-0.4, -0.2) is 37.0 Å². The molecular weight excluding hydrogens is 398 g/mol. The molecule has 0 aromatic heterocycles. The minimum Gasteiger partial charge on any atom is -0.476 e. The highest BCUT2D eigenvalue weighted by Gasteiger charge is 2.34. The molecule has 0 saturated carbocycles. The Morgan fingerprint density at radius 3 is 2.28 bits per heavy atom. The van der Waals surface area contributed by atoms with E-state index < -0.39 is 17.7 Å². The molecule has 2 aromatic carbocycles. The van der Waals surface area contributed by atoms with Gasteiger partial charge in [-0.05, 0) is 49.9 Å². The zero-order valence-corrected chi connectivity index (χ0v) is 16.8. The second-order valence-corrected chi connectivity index (χ2v) is 7.57. The number of nitrogens with one attached hydrogen (secondary N) is 1. The van der Waals surface area contributed by atoms with Crippen molar-refractivity contribution in [1.82, 2.24) is 10.2 Å². The summed E-state index contributed by atoms with van der Waals surface area (Å²) in [6.45, 7) is 3.40. The molecule has 2 aromatic rings. The van der Waals surface area contributed by atoms with E-state index in [9.17, 15) is 13.6 Å². The number of amides is 1. The summed E-state index contributed by atoms with van der Waals surface area (Å²) in [6.07, 6.45) is 1.05. The first-order chi connectivity index (χ1) is 13.6. The van der Waals surface area contributed by atoms with Gasteiger partial charge in [0, 0.05) is 24.7 Å². The quantitative estimate of drug-likeness (QED) is 0.810. The summed E-state index contributed by atoms with van der Waals surface area (Å²) < 4.78 is 32.7. The van der Waals surface area contributed by atoms with Gasteiger partial charge in [0.05, 0.1) is 0 Å². The Morgan fingerprint density at radius 1 is 1.00 bits per heavy atom. The molecule has 2 heterocycles. The summed E-state index contributed by atoms with van der Waals surface area (Å²) in [5.74, 6) is -0.712. The monoisotopic (exact) mass is 422 g/mol. The van der Waals surface area contributed by atoms with Crippen LogP contribution in [0.4, 0.5) is 8.78 Å². The van der Waals surface area contributed by atoms with Crippen LogP contribution in [0.1, 0.15) is 24.5 Å². The fraction of sp³-hybridized carbons (Fsp3) is 0.409. The van der Waals surface area contributed by atoms with Crippen molar-refractivity contribution < 1.29 is 18.3 Å². The predicted molar refractivity (Wildman–Crippen MR) is 109 cm³/mol. The highest BCUT2D eigenvalue weighted by molar-refractivity contribution is 5.85. The number of carbonyl (C=O) groups is 1. The van der Waals surface area contributed by atoms with E-state index in [0.717, 1.165) is 38.1 Å². The van der Waals surface area contributed by atoms with E-state index in [-0.39, 0.29) is 24.1 Å². The standard InChI is InChI=1S/C22H24F2N2O2.ClH/c23-19-7-6-18(12-20(19)24)28-21(15-4-2-1-3-5-15)22(27)26-10-8-16-13-25-14-17(16)9-11-26;/h1-7,12,16-17,21,25H,8-11,13-14H2;1H/t16-,17+,21?;. The molecular formula is C22H25ClF2N2O2. The Balaban J connectivity index is 0.00000240. The molecule has 7 heteroatoms. The van der Waals surface area contributed by atoms with Gasteiger partial charge in [-0.3, -0.25) is 4.79 Å². The Bertz CT molecular complexity index is 823. The lowest BCUT2D eigenvalue weighted by Gasteiger charge is -2.27. The number of fused-ring (bicyclic) bond motifs is 1. The number of benzene rings is 2. The van der Waals surface area contributed by atoms with Gasteiger partial charge < -0.3 is 15.0 Å². The highest BCUT2D eigenvalue weighted by Crippen LogP contribution is 2.30. The largest absolute Gasteiger partial charge is 0.476 e. The van der Waals surface area contributed by atoms with Crippen LogP contribution < -0.4 is 10.1 Å². The van der Waals surface area contributed by atoms with Crippen LogP contribution in [0.2, 0.25) is 0 Å². The molecule has 1 amide bonds. The molecule has 0 bridgehead atoms. The number of ether oxygens (including phenoxy) is 1. The number of halogens is 3. The van der Waals surface area contributed by atoms with Gasteiger partial charge in [0.2, 0.25) is 6.10 Å². The molecule has 1 unspecified atom stereocenters. The van der Waals surface area contributed by atoms with Gasteiger partial charge in [0.1, 0.15) is 5.75 Å². The number of hydrogen-bond acceptors (Lipinski definition) is 3. The number of likely N-dealkylation sites (tertiary alicyclic amines) is 1. The normalized spacial score (nSPS) is 22.2. The van der Waals surface area contributed by atoms with E-state index in [4.69, 9.17) is 4.74 Å². The van der Waals surface area contributed by atoms with Crippen molar-refractivity contribution in [3.05, 3.63) is 65.7 Å². The Kier molecular flexibility index (Phi) is 7.09. The first-order valence-corrected chi connectivity index (χ1v) is 9.78. The molecule has 2 aliphatic heterocycles. The topological polar surface area (TPSA) is 41.6 Å². The molecule has 4 rings (SSSR count). The fourth-order valence-corrected chi connectivity index (χ4v) is 4.18. The van der Waals surface area contributed by atoms with Gasteiger partial charge in [0.25, 0.3) is 5.91 Å². The van der Waals surface area contributed by atoms with Gasteiger partial charge in [0.15, 0.2) is 11.6 Å². The summed E-state index contributed by atoms with van der Waals surface area (Å²) in [6, 6.07) is 12.5. The number of nitrogens with zero attached hydrogens (tertiary/aromatic N) is 1. The molecule has 1 N–H and O–H groups in total. The Morgan fingerprint density at radius 2 is 1.66 bits per heavy atom. The summed E-state index contributed by atoms with van der Waals surface area (Å²) >= 11 is 0. The smallest absolute Gasteiger partial charge is 0.268 e. The average Bonchev–Trinajstić information content (AvgIpc) is 3.07. The minimum atomic E-state index is -0.994. The van der Waals surface area contributed by atoms with Gasteiger partial charge in [-0.1, -0.05) is 30.3 Å². The molecule has 3 atom stereocenters. The van der Waals surface area contributed by atoms with Crippen molar-refractivity contribution >= 4 is 18.3 Å². The minimum absolute atomic E-state index is 0. The molecule has 156 valence electrons. The van der Waals surface area contributed by atoms with Crippen molar-refractivity contribution in [2.75, 3.05) is 26.2 Å². The molecule has 2 saturated heterocycles. The van der Waals surface area contributed by atoms with Crippen LogP contribution in [0.25, 0.3) is 0 Å². The van der Waals surface area contributed by atoms with Gasteiger partial charge in [-0.2, -0.15) is 0 Å². The van der Waals surface area contributed by atoms with Crippen molar-refractivity contribution in [2.45, 2.75) is 18.9 Å². The number of carbonyl (C=O) groups excluding carboxylic acids is 1. The Labute approximate surface area is 175 Å². The van der Waals surface area contributed by atoms with E-state index in [1.54, 1.807) is 0 Å². The Hall–Kier alpha value is -2.18. The summed E-state index contributed by atoms with van der Waals surface area (Å²) in [4.78, 5) is 15.2. The van der Waals surface area contributed by atoms with Gasteiger partial charge in [-0.25, -0.2) is 8.78 Å². The lowest BCUT2D eigenvalue weighted by Crippen LogP contribution is -2.38. The van der Waals surface area contributed by atoms with Crippen LogP contribution in [0.3, 0.4) is 0 Å². The van der Waals surface area contributed by atoms with E-state index in [1.165, 1.54) is 6.07 Å². The van der Waals surface area contributed by atoms with Crippen molar-refractivity contribution in [3.8, 4) is 5.75 Å². The average molecular weight is 423 g/mol. The maximum absolute atomic E-state index is 13.6. The molecule has 2 fully saturated rings. The van der Waals surface area contributed by atoms with E-state index in [1.807, 2.05) is 35.2 Å². The summed E-state index contributed by atoms with van der Waals surface area (Å²) in [7, 11) is 0. The third-order valence-electron chi connectivity index (χ3n) is 5.80. The van der Waals surface area contributed by atoms with E-state index in [0.29, 0.717) is 30.5 Å². The molecule has 0 radical (unpaired) electrons. The first-order valence-electron chi connectivity index (χ1n) is 9.78. The van der Waals surface area contributed by atoms with Crippen molar-refractivity contribution in [1.29, 1.82) is 0 Å². The highest BCUT2D eigenvalue weighted by atomic mass is 35.5. The molecule has 2 aliphatic rings. The van der Waals surface area contributed by atoms with Crippen LogP contribution in [-0.2, 0) is 4.79 Å². The number of rotatable bonds is 4. The van der Waals surface area contributed by atoms with Crippen LogP contribution in [0.15, 0.2) is 48.5 Å². The van der Waals surface area contributed by atoms with E-state index >= 15 is 0 Å².